The van der Waals surface area contributed by atoms with E-state index in [1.807, 2.05) is 30.3 Å². The van der Waals surface area contributed by atoms with Crippen LogP contribution in [0.4, 0.5) is 5.69 Å². The average Bonchev–Trinajstić information content (AvgIpc) is 2.46. The second-order valence-corrected chi connectivity index (χ2v) is 3.92. The number of para-hydroxylation sites is 1. The summed E-state index contributed by atoms with van der Waals surface area (Å²) in [5.74, 6) is 2.11. The van der Waals surface area contributed by atoms with E-state index in [0.29, 0.717) is 30.4 Å². The number of hydrogen-bond donors (Lipinski definition) is 1. The molecule has 0 atom stereocenters. The molecule has 0 aromatic heterocycles. The van der Waals surface area contributed by atoms with Crippen LogP contribution in [0.2, 0.25) is 0 Å². The SMILES string of the molecule is COc1cc(N)ccc1OCCOc1ccccc1. The van der Waals surface area contributed by atoms with Gasteiger partial charge in [0.2, 0.25) is 0 Å². The van der Waals surface area contributed by atoms with Crippen LogP contribution in [0.3, 0.4) is 0 Å². The lowest BCUT2D eigenvalue weighted by Gasteiger charge is -2.11. The fourth-order valence-corrected chi connectivity index (χ4v) is 1.63. The van der Waals surface area contributed by atoms with E-state index in [2.05, 4.69) is 0 Å². The molecule has 0 unspecified atom stereocenters. The zero-order valence-corrected chi connectivity index (χ0v) is 10.8. The maximum absolute atomic E-state index is 5.67. The third-order valence-corrected chi connectivity index (χ3v) is 2.54. The molecule has 0 spiro atoms. The molecule has 2 aromatic carbocycles. The molecule has 0 bridgehead atoms. The highest BCUT2D eigenvalue weighted by molar-refractivity contribution is 5.51. The zero-order valence-electron chi connectivity index (χ0n) is 10.8. The van der Waals surface area contributed by atoms with E-state index < -0.39 is 0 Å². The van der Waals surface area contributed by atoms with Crippen LogP contribution >= 0.6 is 0 Å². The molecule has 0 aliphatic carbocycles. The van der Waals surface area contributed by atoms with Gasteiger partial charge in [-0.15, -0.1) is 0 Å². The molecule has 0 aliphatic rings. The zero-order chi connectivity index (χ0) is 13.5. The summed E-state index contributed by atoms with van der Waals surface area (Å²) in [5, 5.41) is 0. The van der Waals surface area contributed by atoms with Crippen molar-refractivity contribution in [2.75, 3.05) is 26.1 Å². The van der Waals surface area contributed by atoms with Gasteiger partial charge in [-0.25, -0.2) is 0 Å². The Balaban J connectivity index is 1.83. The quantitative estimate of drug-likeness (QED) is 0.640. The second-order valence-electron chi connectivity index (χ2n) is 3.92. The molecule has 0 saturated carbocycles. The number of anilines is 1. The van der Waals surface area contributed by atoms with Crippen molar-refractivity contribution in [3.05, 3.63) is 48.5 Å². The molecule has 2 N–H and O–H groups in total. The molecule has 4 nitrogen and oxygen atoms in total. The van der Waals surface area contributed by atoms with Gasteiger partial charge < -0.3 is 19.9 Å². The van der Waals surface area contributed by atoms with E-state index in [1.54, 1.807) is 25.3 Å². The Bertz CT molecular complexity index is 514. The van der Waals surface area contributed by atoms with Crippen molar-refractivity contribution < 1.29 is 14.2 Å². The first kappa shape index (κ1) is 13.1. The predicted molar refractivity (Wildman–Crippen MR) is 74.8 cm³/mol. The van der Waals surface area contributed by atoms with Crippen LogP contribution in [0.15, 0.2) is 48.5 Å². The highest BCUT2D eigenvalue weighted by Crippen LogP contribution is 2.28. The summed E-state index contributed by atoms with van der Waals surface area (Å²) >= 11 is 0. The van der Waals surface area contributed by atoms with E-state index >= 15 is 0 Å². The summed E-state index contributed by atoms with van der Waals surface area (Å²) in [6.07, 6.45) is 0. The van der Waals surface area contributed by atoms with Gasteiger partial charge in [-0.1, -0.05) is 18.2 Å². The lowest BCUT2D eigenvalue weighted by atomic mass is 10.3. The summed E-state index contributed by atoms with van der Waals surface area (Å²) in [6, 6.07) is 14.9. The molecule has 100 valence electrons. The first-order valence-electron chi connectivity index (χ1n) is 6.04. The first-order valence-corrected chi connectivity index (χ1v) is 6.04. The number of methoxy groups -OCH3 is 1. The Kier molecular flexibility index (Phi) is 4.50. The van der Waals surface area contributed by atoms with E-state index in [1.165, 1.54) is 0 Å². The van der Waals surface area contributed by atoms with E-state index in [9.17, 15) is 0 Å². The molecule has 0 saturated heterocycles. The van der Waals surface area contributed by atoms with Gasteiger partial charge in [-0.3, -0.25) is 0 Å². The van der Waals surface area contributed by atoms with Crippen molar-refractivity contribution in [1.82, 2.24) is 0 Å². The first-order chi connectivity index (χ1) is 9.29. The number of rotatable bonds is 6. The van der Waals surface area contributed by atoms with Gasteiger partial charge in [-0.2, -0.15) is 0 Å². The van der Waals surface area contributed by atoms with Gasteiger partial charge in [0, 0.05) is 11.8 Å². The Labute approximate surface area is 112 Å². The van der Waals surface area contributed by atoms with Crippen LogP contribution in [0.5, 0.6) is 17.2 Å². The molecular weight excluding hydrogens is 242 g/mol. The Morgan fingerprint density at radius 2 is 1.63 bits per heavy atom. The Morgan fingerprint density at radius 3 is 2.37 bits per heavy atom. The van der Waals surface area contributed by atoms with Crippen molar-refractivity contribution in [2.24, 2.45) is 0 Å². The van der Waals surface area contributed by atoms with Crippen LogP contribution in [0.1, 0.15) is 0 Å². The molecular formula is C15H17NO3. The van der Waals surface area contributed by atoms with Gasteiger partial charge in [-0.05, 0) is 24.3 Å². The largest absolute Gasteiger partial charge is 0.493 e. The monoisotopic (exact) mass is 259 g/mol. The summed E-state index contributed by atoms with van der Waals surface area (Å²) in [4.78, 5) is 0. The van der Waals surface area contributed by atoms with Crippen LogP contribution < -0.4 is 19.9 Å². The third-order valence-electron chi connectivity index (χ3n) is 2.54. The van der Waals surface area contributed by atoms with Gasteiger partial charge in [0.1, 0.15) is 19.0 Å². The Morgan fingerprint density at radius 1 is 0.895 bits per heavy atom. The Hall–Kier alpha value is -2.36. The van der Waals surface area contributed by atoms with E-state index in [4.69, 9.17) is 19.9 Å². The molecule has 2 aromatic rings. The van der Waals surface area contributed by atoms with Crippen LogP contribution in [0.25, 0.3) is 0 Å². The van der Waals surface area contributed by atoms with Crippen LogP contribution in [-0.4, -0.2) is 20.3 Å². The molecule has 0 heterocycles. The lowest BCUT2D eigenvalue weighted by molar-refractivity contribution is 0.211. The van der Waals surface area contributed by atoms with Gasteiger partial charge in [0.25, 0.3) is 0 Å². The smallest absolute Gasteiger partial charge is 0.162 e. The number of hydrogen-bond acceptors (Lipinski definition) is 4. The van der Waals surface area contributed by atoms with Crippen molar-refractivity contribution in [3.63, 3.8) is 0 Å². The van der Waals surface area contributed by atoms with Crippen LogP contribution in [-0.2, 0) is 0 Å². The summed E-state index contributed by atoms with van der Waals surface area (Å²) in [5.41, 5.74) is 6.32. The molecule has 2 rings (SSSR count). The molecule has 4 heteroatoms. The maximum atomic E-state index is 5.67. The normalized spacial score (nSPS) is 9.95. The van der Waals surface area contributed by atoms with Crippen molar-refractivity contribution in [2.45, 2.75) is 0 Å². The van der Waals surface area contributed by atoms with E-state index in [-0.39, 0.29) is 0 Å². The van der Waals surface area contributed by atoms with Crippen LogP contribution in [0, 0.1) is 0 Å². The minimum absolute atomic E-state index is 0.440. The minimum atomic E-state index is 0.440. The standard InChI is InChI=1S/C15H17NO3/c1-17-15-11-12(16)7-8-14(15)19-10-9-18-13-5-3-2-4-6-13/h2-8,11H,9-10,16H2,1H3. The number of nitrogens with two attached hydrogens (primary N) is 1. The topological polar surface area (TPSA) is 53.7 Å². The number of benzene rings is 2. The fourth-order valence-electron chi connectivity index (χ4n) is 1.63. The average molecular weight is 259 g/mol. The summed E-state index contributed by atoms with van der Waals surface area (Å²) < 4.78 is 16.3. The number of ether oxygens (including phenoxy) is 3. The summed E-state index contributed by atoms with van der Waals surface area (Å²) in [7, 11) is 1.59. The number of nitrogen functional groups attached to an aromatic ring is 1. The highest BCUT2D eigenvalue weighted by Gasteiger charge is 2.04. The minimum Gasteiger partial charge on any atom is -0.493 e. The summed E-state index contributed by atoms with van der Waals surface area (Å²) in [6.45, 7) is 0.909. The lowest BCUT2D eigenvalue weighted by Crippen LogP contribution is -2.09. The predicted octanol–water partition coefficient (Wildman–Crippen LogP) is 2.74. The van der Waals surface area contributed by atoms with Gasteiger partial charge >= 0.3 is 0 Å². The second kappa shape index (κ2) is 6.54. The molecule has 0 fully saturated rings. The molecule has 0 aliphatic heterocycles. The molecule has 0 amide bonds. The van der Waals surface area contributed by atoms with Crippen molar-refractivity contribution >= 4 is 5.69 Å². The van der Waals surface area contributed by atoms with Gasteiger partial charge in [0.05, 0.1) is 7.11 Å². The van der Waals surface area contributed by atoms with Gasteiger partial charge in [0.15, 0.2) is 11.5 Å². The molecule has 19 heavy (non-hydrogen) atoms. The molecule has 0 radical (unpaired) electrons. The van der Waals surface area contributed by atoms with E-state index in [0.717, 1.165) is 5.75 Å². The fraction of sp³-hybridized carbons (Fsp3) is 0.200. The third kappa shape index (κ3) is 3.81. The maximum Gasteiger partial charge on any atom is 0.162 e. The highest BCUT2D eigenvalue weighted by atomic mass is 16.5. The van der Waals surface area contributed by atoms with Crippen molar-refractivity contribution in [3.8, 4) is 17.2 Å². The van der Waals surface area contributed by atoms with Crippen molar-refractivity contribution in [1.29, 1.82) is 0 Å².